The van der Waals surface area contributed by atoms with Crippen LogP contribution in [0.1, 0.15) is 63.3 Å². The molecule has 0 radical (unpaired) electrons. The van der Waals surface area contributed by atoms with Crippen LogP contribution in [-0.4, -0.2) is 39.7 Å². The predicted molar refractivity (Wildman–Crippen MR) is 127 cm³/mol. The molecule has 3 aromatic rings. The first-order chi connectivity index (χ1) is 15.2. The fraction of sp³-hybridized carbons (Fsp3) is 0.500. The maximum absolute atomic E-state index is 12.8. The minimum atomic E-state index is -3.74. The normalized spacial score (nSPS) is 15.4. The summed E-state index contributed by atoms with van der Waals surface area (Å²) in [6, 6.07) is 1.95. The van der Waals surface area contributed by atoms with Crippen molar-refractivity contribution in [1.29, 1.82) is 0 Å². The zero-order valence-corrected chi connectivity index (χ0v) is 20.8. The van der Waals surface area contributed by atoms with Gasteiger partial charge in [-0.2, -0.15) is 13.1 Å². The molecule has 0 bridgehead atoms. The van der Waals surface area contributed by atoms with Crippen molar-refractivity contribution in [3.63, 3.8) is 0 Å². The molecular formula is C20H27N5O4S3. The first-order valence-corrected chi connectivity index (χ1v) is 13.5. The summed E-state index contributed by atoms with van der Waals surface area (Å²) in [6.07, 6.45) is 4.23. The highest BCUT2D eigenvalue weighted by Crippen LogP contribution is 2.43. The minimum absolute atomic E-state index is 0.0141. The molecule has 0 spiro atoms. The molecule has 3 N–H and O–H groups in total. The number of aromatic nitrogens is 2. The number of hydrogen-bond acceptors (Lipinski definition) is 10. The van der Waals surface area contributed by atoms with Crippen LogP contribution in [0.3, 0.4) is 0 Å². The number of nitrogens with one attached hydrogen (secondary N) is 2. The molecule has 0 unspecified atom stereocenters. The summed E-state index contributed by atoms with van der Waals surface area (Å²) in [7, 11) is -2.19. The highest BCUT2D eigenvalue weighted by molar-refractivity contribution is 7.91. The Bertz CT molecular complexity index is 1180. The lowest BCUT2D eigenvalue weighted by atomic mass is 10.1. The predicted octanol–water partition coefficient (Wildman–Crippen LogP) is 5.11. The summed E-state index contributed by atoms with van der Waals surface area (Å²) in [4.78, 5) is 0. The number of thiophene rings is 1. The molecule has 12 heteroatoms. The molecule has 0 saturated heterocycles. The molecule has 1 aliphatic rings. The largest absolute Gasteiger partial charge is 0.504 e. The number of aromatic hydroxyl groups is 1. The third kappa shape index (κ3) is 4.49. The summed E-state index contributed by atoms with van der Waals surface area (Å²) >= 11 is 2.00. The molecule has 1 fully saturated rings. The van der Waals surface area contributed by atoms with Crippen molar-refractivity contribution < 1.29 is 17.9 Å². The van der Waals surface area contributed by atoms with E-state index in [1.807, 2.05) is 13.0 Å². The van der Waals surface area contributed by atoms with E-state index in [9.17, 15) is 13.5 Å². The summed E-state index contributed by atoms with van der Waals surface area (Å²) in [6.45, 7) is 6.26. The van der Waals surface area contributed by atoms with Crippen molar-refractivity contribution in [3.05, 3.63) is 29.0 Å². The molecule has 3 aromatic heterocycles. The summed E-state index contributed by atoms with van der Waals surface area (Å²) in [5.41, 5.74) is 1.41. The average Bonchev–Trinajstić information content (AvgIpc) is 3.13. The van der Waals surface area contributed by atoms with Crippen molar-refractivity contribution in [3.8, 4) is 5.75 Å². The number of sulfonamides is 1. The Balaban J connectivity index is 1.52. The number of rotatable bonds is 10. The van der Waals surface area contributed by atoms with Gasteiger partial charge in [0.25, 0.3) is 10.0 Å². The highest BCUT2D eigenvalue weighted by Gasteiger charge is 2.37. The quantitative estimate of drug-likeness (QED) is 0.353. The van der Waals surface area contributed by atoms with Crippen LogP contribution >= 0.6 is 23.1 Å². The molecule has 1 atom stereocenters. The molecule has 0 aliphatic heterocycles. The van der Waals surface area contributed by atoms with Crippen LogP contribution in [0.5, 0.6) is 5.75 Å². The number of furan rings is 1. The number of hydrogen-bond donors (Lipinski definition) is 3. The van der Waals surface area contributed by atoms with Crippen LogP contribution in [0.15, 0.2) is 26.3 Å². The zero-order chi connectivity index (χ0) is 23.0. The molecule has 32 heavy (non-hydrogen) atoms. The smallest absolute Gasteiger partial charge is 0.256 e. The SMILES string of the molecule is CC[C@@H](Nc1nsnc1Nc1csc(S(=O)(=O)N(C)C2CC2)c1O)c1cc(C(C)C)co1. The van der Waals surface area contributed by atoms with Gasteiger partial charge in [-0.05, 0) is 36.8 Å². The van der Waals surface area contributed by atoms with Crippen molar-refractivity contribution in [2.75, 3.05) is 17.7 Å². The average molecular weight is 498 g/mol. The molecular weight excluding hydrogens is 470 g/mol. The van der Waals surface area contributed by atoms with E-state index >= 15 is 0 Å². The van der Waals surface area contributed by atoms with Gasteiger partial charge < -0.3 is 20.2 Å². The lowest BCUT2D eigenvalue weighted by Crippen LogP contribution is -2.28. The first kappa shape index (κ1) is 23.0. The van der Waals surface area contributed by atoms with Crippen LogP contribution in [0.25, 0.3) is 0 Å². The molecule has 9 nitrogen and oxygen atoms in total. The van der Waals surface area contributed by atoms with Gasteiger partial charge in [0.15, 0.2) is 21.6 Å². The van der Waals surface area contributed by atoms with Gasteiger partial charge in [0.1, 0.15) is 5.76 Å². The third-order valence-electron chi connectivity index (χ3n) is 5.52. The van der Waals surface area contributed by atoms with Crippen LogP contribution in [0.2, 0.25) is 0 Å². The van der Waals surface area contributed by atoms with Crippen molar-refractivity contribution in [1.82, 2.24) is 13.1 Å². The van der Waals surface area contributed by atoms with Gasteiger partial charge >= 0.3 is 0 Å². The molecule has 1 saturated carbocycles. The number of nitrogens with zero attached hydrogens (tertiary/aromatic N) is 3. The fourth-order valence-corrected chi connectivity index (χ4v) is 6.55. The maximum atomic E-state index is 12.8. The van der Waals surface area contributed by atoms with Crippen LogP contribution < -0.4 is 10.6 Å². The van der Waals surface area contributed by atoms with E-state index < -0.39 is 10.0 Å². The van der Waals surface area contributed by atoms with Crippen LogP contribution in [-0.2, 0) is 10.0 Å². The van der Waals surface area contributed by atoms with E-state index in [0.29, 0.717) is 17.6 Å². The third-order valence-corrected chi connectivity index (χ3v) is 9.45. The van der Waals surface area contributed by atoms with Crippen LogP contribution in [0.4, 0.5) is 17.3 Å². The topological polar surface area (TPSA) is 121 Å². The Morgan fingerprint density at radius 2 is 2.03 bits per heavy atom. The van der Waals surface area contributed by atoms with E-state index in [1.165, 1.54) is 4.31 Å². The first-order valence-electron chi connectivity index (χ1n) is 10.4. The lowest BCUT2D eigenvalue weighted by molar-refractivity contribution is 0.445. The zero-order valence-electron chi connectivity index (χ0n) is 18.3. The molecule has 174 valence electrons. The van der Waals surface area contributed by atoms with E-state index in [4.69, 9.17) is 4.42 Å². The van der Waals surface area contributed by atoms with E-state index in [0.717, 1.165) is 53.7 Å². The van der Waals surface area contributed by atoms with E-state index in [1.54, 1.807) is 18.7 Å². The standard InChI is InChI=1S/C20H27N5O4S3/c1-5-14(16-8-12(9-29-16)11(2)3)21-18-19(24-31-23-18)22-15-10-30-20(17(15)26)32(27,28)25(4)13-6-7-13/h8-11,13-14,26H,5-7H2,1-4H3,(H,21,23)(H,22,24)/t14-/m1/s1. The second-order valence-corrected chi connectivity index (χ2v) is 11.8. The Morgan fingerprint density at radius 3 is 2.66 bits per heavy atom. The van der Waals surface area contributed by atoms with E-state index in [-0.39, 0.29) is 27.7 Å². The number of anilines is 3. The highest BCUT2D eigenvalue weighted by atomic mass is 32.2. The van der Waals surface area contributed by atoms with E-state index in [2.05, 4.69) is 33.2 Å². The van der Waals surface area contributed by atoms with Gasteiger partial charge in [0.05, 0.1) is 29.7 Å². The van der Waals surface area contributed by atoms with Gasteiger partial charge in [-0.1, -0.05) is 20.8 Å². The lowest BCUT2D eigenvalue weighted by Gasteiger charge is -2.16. The molecule has 0 amide bonds. The van der Waals surface area contributed by atoms with Crippen LogP contribution in [0, 0.1) is 0 Å². The Morgan fingerprint density at radius 1 is 1.31 bits per heavy atom. The summed E-state index contributed by atoms with van der Waals surface area (Å²) < 4.78 is 41.2. The van der Waals surface area contributed by atoms with Gasteiger partial charge in [0.2, 0.25) is 0 Å². The molecule has 3 heterocycles. The Kier molecular flexibility index (Phi) is 6.48. The second-order valence-electron chi connectivity index (χ2n) is 8.17. The Labute approximate surface area is 195 Å². The van der Waals surface area contributed by atoms with Crippen molar-refractivity contribution in [2.45, 2.75) is 62.2 Å². The Hall–Kier alpha value is -2.15. The van der Waals surface area contributed by atoms with Gasteiger partial charge in [-0.3, -0.25) is 0 Å². The second kappa shape index (κ2) is 9.00. The fourth-order valence-electron chi connectivity index (χ4n) is 3.26. The van der Waals surface area contributed by atoms with Gasteiger partial charge in [-0.25, -0.2) is 8.42 Å². The van der Waals surface area contributed by atoms with Gasteiger partial charge in [0, 0.05) is 18.5 Å². The monoisotopic (exact) mass is 497 g/mol. The molecule has 1 aliphatic carbocycles. The summed E-state index contributed by atoms with van der Waals surface area (Å²) in [5, 5.41) is 18.6. The van der Waals surface area contributed by atoms with Gasteiger partial charge in [-0.15, -0.1) is 11.3 Å². The van der Waals surface area contributed by atoms with Crippen molar-refractivity contribution >= 4 is 50.4 Å². The molecule has 4 rings (SSSR count). The summed E-state index contributed by atoms with van der Waals surface area (Å²) in [5.74, 6) is 1.80. The maximum Gasteiger partial charge on any atom is 0.256 e. The van der Waals surface area contributed by atoms with Crippen molar-refractivity contribution in [2.24, 2.45) is 0 Å². The molecule has 0 aromatic carbocycles. The minimum Gasteiger partial charge on any atom is -0.504 e.